The number of benzene rings is 2. The van der Waals surface area contributed by atoms with Crippen molar-refractivity contribution in [2.75, 3.05) is 17.7 Å². The average Bonchev–Trinajstić information content (AvgIpc) is 3.68. The molecule has 13 heteroatoms. The number of aryl methyl sites for hydroxylation is 1. The van der Waals surface area contributed by atoms with E-state index in [0.29, 0.717) is 64.0 Å². The summed E-state index contributed by atoms with van der Waals surface area (Å²) in [6.45, 7) is 1.73. The number of anilines is 2. The number of aromatic nitrogens is 4. The molecule has 5 aromatic rings. The Balaban J connectivity index is 0.000000371. The average molecular weight is 637 g/mol. The highest BCUT2D eigenvalue weighted by molar-refractivity contribution is 6.03. The van der Waals surface area contributed by atoms with Crippen LogP contribution in [0.15, 0.2) is 107 Å². The van der Waals surface area contributed by atoms with Crippen molar-refractivity contribution >= 4 is 34.8 Å². The van der Waals surface area contributed by atoms with Gasteiger partial charge in [0.2, 0.25) is 18.0 Å². The van der Waals surface area contributed by atoms with Crippen LogP contribution < -0.4 is 26.4 Å². The van der Waals surface area contributed by atoms with E-state index in [1.54, 1.807) is 55.3 Å². The Kier molecular flexibility index (Phi) is 10.1. The number of ether oxygens (including phenoxy) is 1. The number of amides is 2. The van der Waals surface area contributed by atoms with Crippen molar-refractivity contribution in [1.29, 1.82) is 0 Å². The zero-order valence-electron chi connectivity index (χ0n) is 25.9. The van der Waals surface area contributed by atoms with Gasteiger partial charge in [-0.1, -0.05) is 12.2 Å². The molecule has 0 bridgehead atoms. The predicted molar refractivity (Wildman–Crippen MR) is 177 cm³/mol. The Morgan fingerprint density at radius 3 is 2.53 bits per heavy atom. The van der Waals surface area contributed by atoms with Crippen molar-refractivity contribution in [3.63, 3.8) is 0 Å². The van der Waals surface area contributed by atoms with E-state index in [9.17, 15) is 14.0 Å². The molecule has 0 spiro atoms. The number of nitrogens with two attached hydrogens (primary N) is 1. The van der Waals surface area contributed by atoms with Crippen LogP contribution in [0.1, 0.15) is 24.8 Å². The molecule has 3 heterocycles. The first-order valence-corrected chi connectivity index (χ1v) is 14.5. The quantitative estimate of drug-likeness (QED) is 0.116. The molecule has 0 saturated carbocycles. The first-order valence-electron chi connectivity index (χ1n) is 14.5. The van der Waals surface area contributed by atoms with Crippen LogP contribution in [0.2, 0.25) is 0 Å². The number of nitrogens with one attached hydrogen (secondary N) is 3. The molecule has 240 valence electrons. The lowest BCUT2D eigenvalue weighted by atomic mass is 9.87. The van der Waals surface area contributed by atoms with Gasteiger partial charge >= 0.3 is 0 Å². The molecule has 1 aliphatic carbocycles. The van der Waals surface area contributed by atoms with E-state index < -0.39 is 0 Å². The molecule has 1 unspecified atom stereocenters. The van der Waals surface area contributed by atoms with Gasteiger partial charge in [0.05, 0.1) is 11.8 Å². The number of nitrogens with zero attached hydrogens (tertiary/aromatic N) is 4. The Labute approximate surface area is 269 Å². The number of halogens is 1. The van der Waals surface area contributed by atoms with E-state index in [-0.39, 0.29) is 17.6 Å². The zero-order chi connectivity index (χ0) is 33.3. The molecule has 0 aliphatic heterocycles. The first-order chi connectivity index (χ1) is 22.8. The highest BCUT2D eigenvalue weighted by Gasteiger charge is 2.30. The van der Waals surface area contributed by atoms with Crippen molar-refractivity contribution in [2.24, 2.45) is 12.8 Å². The molecule has 47 heavy (non-hydrogen) atoms. The highest BCUT2D eigenvalue weighted by atomic mass is 19.1. The summed E-state index contributed by atoms with van der Waals surface area (Å²) in [6, 6.07) is 12.6. The lowest BCUT2D eigenvalue weighted by molar-refractivity contribution is -0.112. The highest BCUT2D eigenvalue weighted by Crippen LogP contribution is 2.45. The number of allylic oxidation sites excluding steroid dienone is 4. The van der Waals surface area contributed by atoms with Crippen molar-refractivity contribution in [1.82, 2.24) is 25.1 Å². The number of hydrogen-bond acceptors (Lipinski definition) is 9. The number of furan rings is 1. The molecule has 12 nitrogen and oxygen atoms in total. The molecule has 5 N–H and O–H groups in total. The molecular weight excluding hydrogens is 603 g/mol. The van der Waals surface area contributed by atoms with Crippen molar-refractivity contribution in [3.05, 3.63) is 114 Å². The number of carbonyl (C=O) groups excluding carboxylic acids is 2. The van der Waals surface area contributed by atoms with Gasteiger partial charge in [-0.15, -0.1) is 0 Å². The van der Waals surface area contributed by atoms with Crippen molar-refractivity contribution in [2.45, 2.75) is 19.3 Å². The summed E-state index contributed by atoms with van der Waals surface area (Å²) in [5, 5.41) is 13.0. The monoisotopic (exact) mass is 636 g/mol. The van der Waals surface area contributed by atoms with Crippen LogP contribution in [0.5, 0.6) is 11.6 Å². The van der Waals surface area contributed by atoms with Gasteiger partial charge in [0, 0.05) is 60.6 Å². The van der Waals surface area contributed by atoms with Crippen LogP contribution in [0, 0.1) is 5.82 Å². The van der Waals surface area contributed by atoms with E-state index in [0.717, 1.165) is 11.1 Å². The van der Waals surface area contributed by atoms with Crippen LogP contribution >= 0.6 is 0 Å². The summed E-state index contributed by atoms with van der Waals surface area (Å²) in [4.78, 5) is 30.9. The fraction of sp³-hybridized carbons (Fsp3) is 0.147. The van der Waals surface area contributed by atoms with Gasteiger partial charge in [-0.25, -0.2) is 14.4 Å². The maximum absolute atomic E-state index is 12.3. The molecule has 2 aromatic carbocycles. The normalized spacial score (nSPS) is 14.1. The molecular formula is C34H33FN8O4. The smallest absolute Gasteiger partial charge is 0.252 e. The van der Waals surface area contributed by atoms with E-state index in [2.05, 4.69) is 37.1 Å². The van der Waals surface area contributed by atoms with Crippen molar-refractivity contribution < 1.29 is 23.1 Å². The third-order valence-corrected chi connectivity index (χ3v) is 7.12. The Morgan fingerprint density at radius 2 is 1.87 bits per heavy atom. The van der Waals surface area contributed by atoms with Gasteiger partial charge in [-0.3, -0.25) is 14.3 Å². The maximum Gasteiger partial charge on any atom is 0.252 e. The second kappa shape index (κ2) is 14.7. The SMILES string of the molecule is CN/C=C(\C)C(=O)Nc1ccc(Oc2ncnc3oc(-c4cnn(C)c4)c(C4CC=CC=C4N)c23)cc1.O=CNc1ccc(F)cc1. The van der Waals surface area contributed by atoms with Gasteiger partial charge in [0.15, 0.2) is 0 Å². The van der Waals surface area contributed by atoms with Gasteiger partial charge in [-0.05, 0) is 68.0 Å². The minimum Gasteiger partial charge on any atom is -0.438 e. The fourth-order valence-electron chi connectivity index (χ4n) is 4.86. The molecule has 0 radical (unpaired) electrons. The Hall–Kier alpha value is -6.24. The molecule has 0 fully saturated rings. The summed E-state index contributed by atoms with van der Waals surface area (Å²) >= 11 is 0. The minimum atomic E-state index is -0.309. The topological polar surface area (TPSA) is 162 Å². The molecule has 0 saturated heterocycles. The lowest BCUT2D eigenvalue weighted by Crippen LogP contribution is -2.14. The third kappa shape index (κ3) is 7.71. The standard InChI is InChI=1S/C27H27N7O3.C7H6FNO/c1-16(12-29-2)25(35)33-18-8-10-19(11-9-18)36-26-23-22(20-6-4-5-7-21(20)28)24(17-13-32-34(3)14-17)37-27(23)31-15-30-26;8-6-1-3-7(4-2-6)9-5-10/h4-5,7-15,20,29H,6,28H2,1-3H3,(H,33,35);1-5H,(H,9,10)/b16-12+;. The van der Waals surface area contributed by atoms with Gasteiger partial charge in [0.1, 0.15) is 29.0 Å². The lowest BCUT2D eigenvalue weighted by Gasteiger charge is -2.19. The number of hydrogen-bond donors (Lipinski definition) is 4. The summed E-state index contributed by atoms with van der Waals surface area (Å²) in [7, 11) is 3.59. The summed E-state index contributed by atoms with van der Waals surface area (Å²) < 4.78 is 26.4. The van der Waals surface area contributed by atoms with Crippen LogP contribution in [0.25, 0.3) is 22.4 Å². The first kappa shape index (κ1) is 32.2. The number of carbonyl (C=O) groups is 2. The maximum atomic E-state index is 12.3. The van der Waals surface area contributed by atoms with Crippen LogP contribution in [-0.4, -0.2) is 39.1 Å². The van der Waals surface area contributed by atoms with E-state index in [1.807, 2.05) is 25.4 Å². The molecule has 6 rings (SSSR count). The number of fused-ring (bicyclic) bond motifs is 1. The zero-order valence-corrected chi connectivity index (χ0v) is 25.9. The second-order valence-electron chi connectivity index (χ2n) is 10.5. The third-order valence-electron chi connectivity index (χ3n) is 7.12. The van der Waals surface area contributed by atoms with E-state index in [1.165, 1.54) is 30.6 Å². The molecule has 1 atom stereocenters. The Bertz CT molecular complexity index is 1960. The van der Waals surface area contributed by atoms with Gasteiger partial charge in [0.25, 0.3) is 5.91 Å². The van der Waals surface area contributed by atoms with Gasteiger partial charge in [-0.2, -0.15) is 5.10 Å². The largest absolute Gasteiger partial charge is 0.438 e. The van der Waals surface area contributed by atoms with E-state index >= 15 is 0 Å². The predicted octanol–water partition coefficient (Wildman–Crippen LogP) is 5.76. The summed E-state index contributed by atoms with van der Waals surface area (Å²) in [5.74, 6) is 0.887. The number of rotatable bonds is 9. The van der Waals surface area contributed by atoms with Crippen LogP contribution in [-0.2, 0) is 16.6 Å². The van der Waals surface area contributed by atoms with Crippen molar-refractivity contribution in [3.8, 4) is 23.0 Å². The fourth-order valence-corrected chi connectivity index (χ4v) is 4.86. The molecule has 2 amide bonds. The molecule has 1 aliphatic rings. The van der Waals surface area contributed by atoms with Crippen LogP contribution in [0.4, 0.5) is 15.8 Å². The van der Waals surface area contributed by atoms with Crippen LogP contribution in [0.3, 0.4) is 0 Å². The van der Waals surface area contributed by atoms with Gasteiger partial charge < -0.3 is 30.8 Å². The second-order valence-corrected chi connectivity index (χ2v) is 10.5. The Morgan fingerprint density at radius 1 is 1.13 bits per heavy atom. The summed E-state index contributed by atoms with van der Waals surface area (Å²) in [5.41, 5.74) is 11.0. The molecule has 3 aromatic heterocycles. The van der Waals surface area contributed by atoms with E-state index in [4.69, 9.17) is 14.9 Å². The minimum absolute atomic E-state index is 0.138. The summed E-state index contributed by atoms with van der Waals surface area (Å²) in [6.07, 6.45) is 13.8.